The highest BCUT2D eigenvalue weighted by atomic mass is 16.5. The molecule has 4 aromatic rings. The molecule has 0 spiro atoms. The SMILES string of the molecule is Cc1ccc(C2CC(c3noc(Cn4cnc5ncn(C)c5c4=O)n3)C2)cc1. The Morgan fingerprint density at radius 1 is 1.11 bits per heavy atom. The van der Waals surface area contributed by atoms with Gasteiger partial charge in [0.25, 0.3) is 5.56 Å². The number of imidazole rings is 1. The van der Waals surface area contributed by atoms with Crippen LogP contribution in [0.1, 0.15) is 47.5 Å². The van der Waals surface area contributed by atoms with E-state index in [1.54, 1.807) is 17.9 Å². The van der Waals surface area contributed by atoms with Crippen LogP contribution in [0.3, 0.4) is 0 Å². The lowest BCUT2D eigenvalue weighted by Gasteiger charge is -2.33. The van der Waals surface area contributed by atoms with Crippen molar-refractivity contribution in [2.45, 2.75) is 38.1 Å². The van der Waals surface area contributed by atoms with Gasteiger partial charge in [-0.15, -0.1) is 0 Å². The third-order valence-corrected chi connectivity index (χ3v) is 5.54. The minimum Gasteiger partial charge on any atom is -0.337 e. The molecule has 0 aliphatic heterocycles. The van der Waals surface area contributed by atoms with Crippen LogP contribution in [0.15, 0.2) is 46.2 Å². The second-order valence-electron chi connectivity index (χ2n) is 7.53. The van der Waals surface area contributed by atoms with Crippen LogP contribution in [0.2, 0.25) is 0 Å². The first-order valence-corrected chi connectivity index (χ1v) is 9.34. The van der Waals surface area contributed by atoms with Gasteiger partial charge in [-0.25, -0.2) is 9.97 Å². The number of benzene rings is 1. The van der Waals surface area contributed by atoms with Crippen molar-refractivity contribution in [2.75, 3.05) is 0 Å². The summed E-state index contributed by atoms with van der Waals surface area (Å²) in [6, 6.07) is 8.71. The third-order valence-electron chi connectivity index (χ3n) is 5.54. The Kier molecular flexibility index (Phi) is 3.85. The van der Waals surface area contributed by atoms with E-state index in [9.17, 15) is 4.79 Å². The summed E-state index contributed by atoms with van der Waals surface area (Å²) in [7, 11) is 1.77. The molecule has 0 radical (unpaired) electrons. The Hall–Kier alpha value is -3.29. The molecule has 28 heavy (non-hydrogen) atoms. The lowest BCUT2D eigenvalue weighted by atomic mass is 9.71. The highest BCUT2D eigenvalue weighted by Crippen LogP contribution is 2.46. The van der Waals surface area contributed by atoms with Gasteiger partial charge < -0.3 is 9.09 Å². The monoisotopic (exact) mass is 376 g/mol. The van der Waals surface area contributed by atoms with Crippen LogP contribution in [-0.4, -0.2) is 29.2 Å². The summed E-state index contributed by atoms with van der Waals surface area (Å²) in [6.45, 7) is 2.30. The molecule has 0 atom stereocenters. The molecule has 1 aliphatic carbocycles. The van der Waals surface area contributed by atoms with Crippen LogP contribution in [-0.2, 0) is 13.6 Å². The van der Waals surface area contributed by atoms with E-state index in [1.807, 2.05) is 0 Å². The molecule has 1 saturated carbocycles. The van der Waals surface area contributed by atoms with Gasteiger partial charge in [-0.2, -0.15) is 4.98 Å². The van der Waals surface area contributed by atoms with Crippen LogP contribution in [0.5, 0.6) is 0 Å². The molecule has 0 bridgehead atoms. The maximum atomic E-state index is 12.6. The van der Waals surface area contributed by atoms with E-state index >= 15 is 0 Å². The predicted molar refractivity (Wildman–Crippen MR) is 102 cm³/mol. The second-order valence-corrected chi connectivity index (χ2v) is 7.53. The van der Waals surface area contributed by atoms with E-state index in [0.29, 0.717) is 28.9 Å². The van der Waals surface area contributed by atoms with Crippen LogP contribution in [0, 0.1) is 6.92 Å². The minimum absolute atomic E-state index is 0.173. The van der Waals surface area contributed by atoms with Crippen molar-refractivity contribution in [1.82, 2.24) is 29.2 Å². The van der Waals surface area contributed by atoms with E-state index in [0.717, 1.165) is 18.7 Å². The normalized spacial score (nSPS) is 19.1. The zero-order valence-corrected chi connectivity index (χ0v) is 15.7. The van der Waals surface area contributed by atoms with E-state index in [2.05, 4.69) is 51.3 Å². The number of fused-ring (bicyclic) bond motifs is 1. The number of hydrogen-bond donors (Lipinski definition) is 0. The molecule has 1 fully saturated rings. The molecule has 3 aromatic heterocycles. The minimum atomic E-state index is -0.173. The first-order valence-electron chi connectivity index (χ1n) is 9.34. The van der Waals surface area contributed by atoms with Crippen molar-refractivity contribution in [3.8, 4) is 0 Å². The van der Waals surface area contributed by atoms with Gasteiger partial charge in [-0.3, -0.25) is 9.36 Å². The molecule has 5 rings (SSSR count). The molecule has 1 aliphatic rings. The van der Waals surface area contributed by atoms with Crippen molar-refractivity contribution in [2.24, 2.45) is 7.05 Å². The van der Waals surface area contributed by atoms with Crippen molar-refractivity contribution < 1.29 is 4.52 Å². The standard InChI is InChI=1S/C20H20N6O2/c1-12-3-5-13(6-4-12)14-7-15(8-14)18-23-16(28-24-18)9-26-11-22-19-17(20(26)27)25(2)10-21-19/h3-6,10-11,14-15H,7-9H2,1-2H3. The van der Waals surface area contributed by atoms with E-state index in [-0.39, 0.29) is 12.1 Å². The molecule has 8 heteroatoms. The number of aromatic nitrogens is 6. The lowest BCUT2D eigenvalue weighted by Crippen LogP contribution is -2.23. The zero-order chi connectivity index (χ0) is 19.3. The van der Waals surface area contributed by atoms with Crippen LogP contribution < -0.4 is 5.56 Å². The van der Waals surface area contributed by atoms with Crippen LogP contribution in [0.4, 0.5) is 0 Å². The molecule has 1 aromatic carbocycles. The van der Waals surface area contributed by atoms with Crippen molar-refractivity contribution in [1.29, 1.82) is 0 Å². The predicted octanol–water partition coefficient (Wildman–Crippen LogP) is 2.53. The average Bonchev–Trinajstić information content (AvgIpc) is 3.25. The van der Waals surface area contributed by atoms with Gasteiger partial charge in [-0.1, -0.05) is 35.0 Å². The maximum absolute atomic E-state index is 12.6. The average molecular weight is 376 g/mol. The number of hydrogen-bond acceptors (Lipinski definition) is 6. The van der Waals surface area contributed by atoms with E-state index in [4.69, 9.17) is 4.52 Å². The van der Waals surface area contributed by atoms with Crippen LogP contribution >= 0.6 is 0 Å². The summed E-state index contributed by atoms with van der Waals surface area (Å²) in [5.74, 6) is 1.99. The topological polar surface area (TPSA) is 91.6 Å². The van der Waals surface area contributed by atoms with Gasteiger partial charge in [0.2, 0.25) is 5.89 Å². The summed E-state index contributed by atoms with van der Waals surface area (Å²) in [6.07, 6.45) is 5.09. The quantitative estimate of drug-likeness (QED) is 0.543. The Labute approximate surface area is 160 Å². The van der Waals surface area contributed by atoms with E-state index < -0.39 is 0 Å². The Balaban J connectivity index is 1.30. The van der Waals surface area contributed by atoms with Gasteiger partial charge in [-0.05, 0) is 31.2 Å². The number of aryl methyl sites for hydroxylation is 2. The van der Waals surface area contributed by atoms with Gasteiger partial charge in [0.1, 0.15) is 12.9 Å². The van der Waals surface area contributed by atoms with Crippen molar-refractivity contribution in [3.63, 3.8) is 0 Å². The smallest absolute Gasteiger partial charge is 0.280 e. The summed E-state index contributed by atoms with van der Waals surface area (Å²) in [5.41, 5.74) is 3.37. The maximum Gasteiger partial charge on any atom is 0.280 e. The number of rotatable bonds is 4. The van der Waals surface area contributed by atoms with Gasteiger partial charge in [0.05, 0.1) is 6.33 Å². The number of nitrogens with zero attached hydrogens (tertiary/aromatic N) is 6. The van der Waals surface area contributed by atoms with Gasteiger partial charge >= 0.3 is 0 Å². The molecule has 3 heterocycles. The molecule has 8 nitrogen and oxygen atoms in total. The largest absolute Gasteiger partial charge is 0.337 e. The molecule has 0 amide bonds. The lowest BCUT2D eigenvalue weighted by molar-refractivity contribution is 0.315. The molecule has 0 N–H and O–H groups in total. The van der Waals surface area contributed by atoms with Gasteiger partial charge in [0.15, 0.2) is 17.0 Å². The summed E-state index contributed by atoms with van der Waals surface area (Å²) >= 11 is 0. The molecular formula is C20H20N6O2. The second kappa shape index (κ2) is 6.40. The fraction of sp³-hybridized carbons (Fsp3) is 0.350. The van der Waals surface area contributed by atoms with Crippen molar-refractivity contribution >= 4 is 11.2 Å². The third kappa shape index (κ3) is 2.81. The molecular weight excluding hydrogens is 356 g/mol. The first-order chi connectivity index (χ1) is 13.6. The van der Waals surface area contributed by atoms with Crippen LogP contribution in [0.25, 0.3) is 11.2 Å². The Bertz CT molecular complexity index is 1200. The molecule has 0 saturated heterocycles. The van der Waals surface area contributed by atoms with Gasteiger partial charge in [0, 0.05) is 13.0 Å². The summed E-state index contributed by atoms with van der Waals surface area (Å²) in [4.78, 5) is 25.4. The highest BCUT2D eigenvalue weighted by Gasteiger charge is 2.34. The summed E-state index contributed by atoms with van der Waals surface area (Å²) in [5, 5.41) is 4.14. The fourth-order valence-electron chi connectivity index (χ4n) is 3.77. The molecule has 142 valence electrons. The Morgan fingerprint density at radius 3 is 2.64 bits per heavy atom. The molecule has 0 unspecified atom stereocenters. The van der Waals surface area contributed by atoms with Crippen molar-refractivity contribution in [3.05, 3.63) is 70.1 Å². The zero-order valence-electron chi connectivity index (χ0n) is 15.7. The fourth-order valence-corrected chi connectivity index (χ4v) is 3.77. The summed E-state index contributed by atoms with van der Waals surface area (Å²) < 4.78 is 8.53. The Morgan fingerprint density at radius 2 is 1.86 bits per heavy atom. The highest BCUT2D eigenvalue weighted by molar-refractivity contribution is 5.68. The first kappa shape index (κ1) is 16.9. The van der Waals surface area contributed by atoms with E-state index in [1.165, 1.54) is 22.0 Å².